The third-order valence-electron chi connectivity index (χ3n) is 5.30. The summed E-state index contributed by atoms with van der Waals surface area (Å²) in [6.45, 7) is 7.37. The summed E-state index contributed by atoms with van der Waals surface area (Å²) < 4.78 is 5.19. The molecule has 1 aromatic carbocycles. The lowest BCUT2D eigenvalue weighted by Gasteiger charge is -2.32. The molecule has 1 aromatic rings. The summed E-state index contributed by atoms with van der Waals surface area (Å²) in [6, 6.07) is 7.60. The second-order valence-corrected chi connectivity index (χ2v) is 7.86. The first-order valence-corrected chi connectivity index (χ1v) is 10.0. The van der Waals surface area contributed by atoms with Crippen molar-refractivity contribution >= 4 is 36.6 Å². The molecule has 0 radical (unpaired) electrons. The summed E-state index contributed by atoms with van der Waals surface area (Å²) in [6.07, 6.45) is 2.11. The van der Waals surface area contributed by atoms with Gasteiger partial charge in [0.1, 0.15) is 5.75 Å². The van der Waals surface area contributed by atoms with Crippen LogP contribution in [0.3, 0.4) is 0 Å². The zero-order chi connectivity index (χ0) is 20.5. The summed E-state index contributed by atoms with van der Waals surface area (Å²) in [4.78, 5) is 26.2. The number of nitrogens with zero attached hydrogens (tertiary/aromatic N) is 1. The molecule has 0 bridgehead atoms. The van der Waals surface area contributed by atoms with Crippen LogP contribution >= 0.6 is 24.8 Å². The van der Waals surface area contributed by atoms with Crippen LogP contribution in [0, 0.1) is 11.8 Å². The van der Waals surface area contributed by atoms with E-state index in [2.05, 4.69) is 27.7 Å². The summed E-state index contributed by atoms with van der Waals surface area (Å²) in [5.41, 5.74) is 7.05. The first-order valence-electron chi connectivity index (χ1n) is 10.0. The van der Waals surface area contributed by atoms with Gasteiger partial charge in [-0.1, -0.05) is 26.0 Å². The topological polar surface area (TPSA) is 96.7 Å². The maximum atomic E-state index is 12.0. The van der Waals surface area contributed by atoms with Gasteiger partial charge in [-0.05, 0) is 55.5 Å². The minimum Gasteiger partial charge on any atom is -0.497 e. The fourth-order valence-corrected chi connectivity index (χ4v) is 3.25. The minimum absolute atomic E-state index is 0. The quantitative estimate of drug-likeness (QED) is 0.521. The normalized spacial score (nSPS) is 15.5. The number of halogens is 2. The lowest BCUT2D eigenvalue weighted by Crippen LogP contribution is -2.47. The molecule has 1 aliphatic rings. The first-order chi connectivity index (χ1) is 13.4. The summed E-state index contributed by atoms with van der Waals surface area (Å²) in [5, 5.41) is 5.53. The molecule has 1 aliphatic heterocycles. The van der Waals surface area contributed by atoms with E-state index in [1.165, 1.54) is 5.56 Å². The highest BCUT2D eigenvalue weighted by Gasteiger charge is 2.21. The molecule has 2 amide bonds. The maximum absolute atomic E-state index is 12.0. The number of piperidine rings is 1. The van der Waals surface area contributed by atoms with Gasteiger partial charge in [0, 0.05) is 13.1 Å². The molecule has 0 saturated carbocycles. The Hall–Kier alpha value is -1.54. The monoisotopic (exact) mass is 462 g/mol. The number of amides is 2. The molecule has 1 heterocycles. The van der Waals surface area contributed by atoms with Crippen molar-refractivity contribution < 1.29 is 14.3 Å². The van der Waals surface area contributed by atoms with Crippen molar-refractivity contribution in [2.24, 2.45) is 17.6 Å². The van der Waals surface area contributed by atoms with Crippen molar-refractivity contribution in [3.63, 3.8) is 0 Å². The zero-order valence-electron chi connectivity index (χ0n) is 18.1. The van der Waals surface area contributed by atoms with Gasteiger partial charge in [0.05, 0.1) is 19.7 Å². The van der Waals surface area contributed by atoms with E-state index in [1.807, 2.05) is 26.0 Å². The Labute approximate surface area is 192 Å². The number of hydrogen-bond donors (Lipinski definition) is 3. The number of likely N-dealkylation sites (tertiary alicyclic amines) is 1. The number of carbonyl (C=O) groups excluding carboxylic acids is 2. The van der Waals surface area contributed by atoms with E-state index in [9.17, 15) is 9.59 Å². The third-order valence-corrected chi connectivity index (χ3v) is 5.30. The lowest BCUT2D eigenvalue weighted by atomic mass is 9.96. The zero-order valence-corrected chi connectivity index (χ0v) is 19.7. The summed E-state index contributed by atoms with van der Waals surface area (Å²) >= 11 is 0. The highest BCUT2D eigenvalue weighted by atomic mass is 35.5. The van der Waals surface area contributed by atoms with Crippen molar-refractivity contribution in [3.8, 4) is 5.75 Å². The number of ether oxygens (including phenoxy) is 1. The van der Waals surface area contributed by atoms with Crippen LogP contribution in [0.1, 0.15) is 32.3 Å². The molecule has 1 atom stereocenters. The van der Waals surface area contributed by atoms with E-state index in [1.54, 1.807) is 7.11 Å². The number of nitrogens with two attached hydrogens (primary N) is 1. The van der Waals surface area contributed by atoms with Gasteiger partial charge in [-0.15, -0.1) is 24.8 Å². The molecule has 7 nitrogen and oxygen atoms in total. The Bertz CT molecular complexity index is 636. The number of carbonyl (C=O) groups is 2. The highest BCUT2D eigenvalue weighted by molar-refractivity contribution is 5.87. The molecule has 0 unspecified atom stereocenters. The van der Waals surface area contributed by atoms with Crippen molar-refractivity contribution in [2.45, 2.75) is 39.3 Å². The number of methoxy groups -OCH3 is 1. The first kappa shape index (κ1) is 28.5. The molecule has 2 rings (SSSR count). The van der Waals surface area contributed by atoms with Crippen LogP contribution in [0.2, 0.25) is 0 Å². The van der Waals surface area contributed by atoms with E-state index >= 15 is 0 Å². The number of benzene rings is 1. The van der Waals surface area contributed by atoms with E-state index in [0.717, 1.165) is 38.2 Å². The van der Waals surface area contributed by atoms with Gasteiger partial charge in [-0.3, -0.25) is 14.5 Å². The van der Waals surface area contributed by atoms with E-state index in [4.69, 9.17) is 10.5 Å². The molecular weight excluding hydrogens is 427 g/mol. The van der Waals surface area contributed by atoms with Gasteiger partial charge in [0.2, 0.25) is 11.8 Å². The van der Waals surface area contributed by atoms with Crippen molar-refractivity contribution in [2.75, 3.05) is 33.3 Å². The molecule has 1 saturated heterocycles. The summed E-state index contributed by atoms with van der Waals surface area (Å²) in [5.74, 6) is 0.957. The SMILES string of the molecule is COc1ccc(CN2CCC(CNC(=O)CNC(=O)[C@@H](N)C(C)C)CC2)cc1.Cl.Cl. The van der Waals surface area contributed by atoms with Crippen LogP contribution < -0.4 is 21.1 Å². The molecule has 0 aliphatic carbocycles. The largest absolute Gasteiger partial charge is 0.497 e. The van der Waals surface area contributed by atoms with Crippen LogP contribution in [-0.2, 0) is 16.1 Å². The van der Waals surface area contributed by atoms with Gasteiger partial charge < -0.3 is 21.1 Å². The smallest absolute Gasteiger partial charge is 0.239 e. The second-order valence-electron chi connectivity index (χ2n) is 7.86. The predicted molar refractivity (Wildman–Crippen MR) is 124 cm³/mol. The minimum atomic E-state index is -0.581. The third kappa shape index (κ3) is 9.51. The van der Waals surface area contributed by atoms with Crippen LogP contribution in [0.5, 0.6) is 5.75 Å². The van der Waals surface area contributed by atoms with Gasteiger partial charge in [-0.2, -0.15) is 0 Å². The maximum Gasteiger partial charge on any atom is 0.239 e. The van der Waals surface area contributed by atoms with Crippen LogP contribution in [-0.4, -0.2) is 56.0 Å². The second kappa shape index (κ2) is 14.5. The van der Waals surface area contributed by atoms with Crippen LogP contribution in [0.15, 0.2) is 24.3 Å². The van der Waals surface area contributed by atoms with Crippen molar-refractivity contribution in [3.05, 3.63) is 29.8 Å². The summed E-state index contributed by atoms with van der Waals surface area (Å²) in [7, 11) is 1.67. The number of hydrogen-bond acceptors (Lipinski definition) is 5. The lowest BCUT2D eigenvalue weighted by molar-refractivity contribution is -0.127. The van der Waals surface area contributed by atoms with Crippen molar-refractivity contribution in [1.29, 1.82) is 0 Å². The van der Waals surface area contributed by atoms with E-state index < -0.39 is 6.04 Å². The molecule has 0 spiro atoms. The molecule has 9 heteroatoms. The van der Waals surface area contributed by atoms with Gasteiger partial charge >= 0.3 is 0 Å². The van der Waals surface area contributed by atoms with Gasteiger partial charge in [-0.25, -0.2) is 0 Å². The predicted octanol–water partition coefficient (Wildman–Crippen LogP) is 1.97. The highest BCUT2D eigenvalue weighted by Crippen LogP contribution is 2.19. The molecular formula is C21H36Cl2N4O3. The van der Waals surface area contributed by atoms with E-state index in [0.29, 0.717) is 12.5 Å². The van der Waals surface area contributed by atoms with Gasteiger partial charge in [0.25, 0.3) is 0 Å². The van der Waals surface area contributed by atoms with E-state index in [-0.39, 0.29) is 49.1 Å². The fourth-order valence-electron chi connectivity index (χ4n) is 3.25. The average Bonchev–Trinajstić information content (AvgIpc) is 2.71. The van der Waals surface area contributed by atoms with Crippen LogP contribution in [0.4, 0.5) is 0 Å². The Kier molecular flexibility index (Phi) is 13.7. The molecule has 4 N–H and O–H groups in total. The fraction of sp³-hybridized carbons (Fsp3) is 0.619. The van der Waals surface area contributed by atoms with Crippen molar-refractivity contribution in [1.82, 2.24) is 15.5 Å². The Morgan fingerprint density at radius 2 is 1.73 bits per heavy atom. The van der Waals surface area contributed by atoms with Gasteiger partial charge in [0.15, 0.2) is 0 Å². The molecule has 1 fully saturated rings. The Balaban J connectivity index is 0.00000420. The number of rotatable bonds is 9. The Morgan fingerprint density at radius 1 is 1.13 bits per heavy atom. The molecule has 0 aromatic heterocycles. The Morgan fingerprint density at radius 3 is 2.27 bits per heavy atom. The molecule has 30 heavy (non-hydrogen) atoms. The molecule has 172 valence electrons. The van der Waals surface area contributed by atoms with Crippen LogP contribution in [0.25, 0.3) is 0 Å². The number of nitrogens with one attached hydrogen (secondary N) is 2. The average molecular weight is 463 g/mol. The standard InChI is InChI=1S/C21H34N4O3.2ClH/c1-15(2)20(22)21(27)24-13-19(26)23-12-16-8-10-25(11-9-16)14-17-4-6-18(28-3)7-5-17;;/h4-7,15-16,20H,8-14,22H2,1-3H3,(H,23,26)(H,24,27);2*1H/t20-;;/m0../s1.